The molecule has 3 heterocycles. The lowest BCUT2D eigenvalue weighted by Crippen LogP contribution is -2.50. The van der Waals surface area contributed by atoms with E-state index in [9.17, 15) is 14.4 Å². The lowest BCUT2D eigenvalue weighted by Gasteiger charge is -2.33. The van der Waals surface area contributed by atoms with Crippen LogP contribution in [0, 0.1) is 20.8 Å². The number of carbonyl (C=O) groups excluding carboxylic acids is 2. The number of H-pyrrole nitrogens is 1. The summed E-state index contributed by atoms with van der Waals surface area (Å²) in [6.07, 6.45) is 0.356. The fourth-order valence-corrected chi connectivity index (χ4v) is 4.84. The molecule has 1 amide bonds. The second kappa shape index (κ2) is 8.61. The van der Waals surface area contributed by atoms with Gasteiger partial charge in [-0.3, -0.25) is 4.79 Å². The zero-order chi connectivity index (χ0) is 24.9. The molecule has 8 heteroatoms. The number of hydrogen-bond donors (Lipinski definition) is 1. The average molecular weight is 475 g/mol. The Morgan fingerprint density at radius 1 is 1.14 bits per heavy atom. The summed E-state index contributed by atoms with van der Waals surface area (Å²) in [5, 5.41) is 1.69. The molecular formula is C27H26N2O6. The summed E-state index contributed by atoms with van der Waals surface area (Å²) in [5.41, 5.74) is 4.96. The lowest BCUT2D eigenvalue weighted by atomic mass is 9.96. The van der Waals surface area contributed by atoms with Crippen LogP contribution in [0.3, 0.4) is 0 Å². The van der Waals surface area contributed by atoms with Crippen LogP contribution in [0.5, 0.6) is 5.75 Å². The number of carbonyl (C=O) groups is 2. The summed E-state index contributed by atoms with van der Waals surface area (Å²) in [7, 11) is 1.32. The molecule has 1 aliphatic rings. The van der Waals surface area contributed by atoms with Crippen molar-refractivity contribution in [1.82, 2.24) is 9.88 Å². The third-order valence-electron chi connectivity index (χ3n) is 6.81. The number of hydrogen-bond acceptors (Lipinski definition) is 6. The molecule has 5 rings (SSSR count). The van der Waals surface area contributed by atoms with Crippen molar-refractivity contribution in [2.45, 2.75) is 39.8 Å². The molecule has 0 aliphatic carbocycles. The molecule has 2 aromatic carbocycles. The zero-order valence-corrected chi connectivity index (χ0v) is 20.1. The Morgan fingerprint density at radius 3 is 2.69 bits per heavy atom. The number of aromatic nitrogens is 1. The van der Waals surface area contributed by atoms with Crippen LogP contribution in [0.4, 0.5) is 0 Å². The predicted molar refractivity (Wildman–Crippen MR) is 131 cm³/mol. The van der Waals surface area contributed by atoms with E-state index in [0.717, 1.165) is 33.3 Å². The van der Waals surface area contributed by atoms with Gasteiger partial charge in [-0.05, 0) is 55.7 Å². The van der Waals surface area contributed by atoms with Crippen LogP contribution >= 0.6 is 0 Å². The first-order valence-electron chi connectivity index (χ1n) is 11.4. The zero-order valence-electron chi connectivity index (χ0n) is 20.1. The third-order valence-corrected chi connectivity index (χ3v) is 6.81. The number of amides is 1. The highest BCUT2D eigenvalue weighted by Crippen LogP contribution is 2.33. The number of nitrogens with one attached hydrogen (secondary N) is 1. The minimum absolute atomic E-state index is 0.244. The highest BCUT2D eigenvalue weighted by atomic mass is 16.5. The SMILES string of the molecule is COC(=O)C1Cc2c([nH]c3ccccc23)CN1C(=O)COc1cc(C)cc2oc(=O)c(C)c(C)c12. The number of para-hydroxylation sites is 1. The van der Waals surface area contributed by atoms with Gasteiger partial charge in [0.25, 0.3) is 5.91 Å². The highest BCUT2D eigenvalue weighted by Gasteiger charge is 2.37. The van der Waals surface area contributed by atoms with E-state index in [1.54, 1.807) is 13.0 Å². The molecule has 8 nitrogen and oxygen atoms in total. The molecule has 0 bridgehead atoms. The molecule has 0 fully saturated rings. The van der Waals surface area contributed by atoms with Crippen molar-refractivity contribution < 1.29 is 23.5 Å². The minimum atomic E-state index is -0.751. The van der Waals surface area contributed by atoms with Gasteiger partial charge in [-0.1, -0.05) is 18.2 Å². The van der Waals surface area contributed by atoms with Crippen LogP contribution in [-0.4, -0.2) is 41.5 Å². The van der Waals surface area contributed by atoms with E-state index >= 15 is 0 Å². The lowest BCUT2D eigenvalue weighted by molar-refractivity contribution is -0.154. The Bertz CT molecular complexity index is 1550. The number of methoxy groups -OCH3 is 1. The van der Waals surface area contributed by atoms with E-state index in [2.05, 4.69) is 4.98 Å². The molecule has 1 N–H and O–H groups in total. The molecule has 0 saturated heterocycles. The van der Waals surface area contributed by atoms with Crippen LogP contribution < -0.4 is 10.4 Å². The Labute approximate surface area is 201 Å². The van der Waals surface area contributed by atoms with Crippen molar-refractivity contribution in [3.8, 4) is 5.75 Å². The summed E-state index contributed by atoms with van der Waals surface area (Å²) >= 11 is 0. The fourth-order valence-electron chi connectivity index (χ4n) is 4.84. The van der Waals surface area contributed by atoms with Gasteiger partial charge >= 0.3 is 11.6 Å². The highest BCUT2D eigenvalue weighted by molar-refractivity contribution is 5.91. The van der Waals surface area contributed by atoms with E-state index in [1.807, 2.05) is 44.2 Å². The van der Waals surface area contributed by atoms with Crippen molar-refractivity contribution in [1.29, 1.82) is 0 Å². The Balaban J connectivity index is 1.46. The number of esters is 1. The molecule has 180 valence electrons. The van der Waals surface area contributed by atoms with Crippen LogP contribution in [0.1, 0.15) is 27.9 Å². The molecule has 0 radical (unpaired) electrons. The second-order valence-electron chi connectivity index (χ2n) is 8.96. The van der Waals surface area contributed by atoms with Gasteiger partial charge in [0.05, 0.1) is 19.0 Å². The summed E-state index contributed by atoms with van der Waals surface area (Å²) in [6.45, 7) is 5.35. The van der Waals surface area contributed by atoms with Gasteiger partial charge < -0.3 is 23.8 Å². The Kier molecular flexibility index (Phi) is 5.59. The summed E-state index contributed by atoms with van der Waals surface area (Å²) in [4.78, 5) is 43.0. The van der Waals surface area contributed by atoms with Crippen molar-refractivity contribution in [3.05, 3.63) is 74.8 Å². The van der Waals surface area contributed by atoms with E-state index in [0.29, 0.717) is 28.7 Å². The molecule has 4 aromatic rings. The normalized spacial score (nSPS) is 15.3. The smallest absolute Gasteiger partial charge is 0.339 e. The van der Waals surface area contributed by atoms with Crippen molar-refractivity contribution in [2.75, 3.05) is 13.7 Å². The fraction of sp³-hybridized carbons (Fsp3) is 0.296. The maximum Gasteiger partial charge on any atom is 0.339 e. The molecule has 35 heavy (non-hydrogen) atoms. The van der Waals surface area contributed by atoms with Crippen LogP contribution in [-0.2, 0) is 27.3 Å². The summed E-state index contributed by atoms with van der Waals surface area (Å²) in [5.74, 6) is -0.356. The van der Waals surface area contributed by atoms with E-state index < -0.39 is 17.6 Å². The van der Waals surface area contributed by atoms with E-state index in [4.69, 9.17) is 13.9 Å². The number of fused-ring (bicyclic) bond motifs is 4. The Morgan fingerprint density at radius 2 is 1.91 bits per heavy atom. The molecule has 1 atom stereocenters. The molecule has 1 aliphatic heterocycles. The first-order chi connectivity index (χ1) is 16.8. The standard InChI is InChI=1S/C27H26N2O6/c1-14-9-22(25-15(2)16(3)26(31)35-23(25)10-14)34-13-24(30)29-12-20-18(11-21(29)27(32)33-4)17-7-5-6-8-19(17)28-20/h5-10,21,28H,11-13H2,1-4H3. The van der Waals surface area contributed by atoms with Gasteiger partial charge in [-0.25, -0.2) is 9.59 Å². The number of benzene rings is 2. The van der Waals surface area contributed by atoms with Gasteiger partial charge in [0, 0.05) is 28.6 Å². The monoisotopic (exact) mass is 474 g/mol. The van der Waals surface area contributed by atoms with Gasteiger partial charge in [-0.15, -0.1) is 0 Å². The maximum absolute atomic E-state index is 13.4. The number of nitrogens with zero attached hydrogens (tertiary/aromatic N) is 1. The van der Waals surface area contributed by atoms with Gasteiger partial charge in [0.2, 0.25) is 0 Å². The molecule has 0 spiro atoms. The Hall–Kier alpha value is -4.07. The summed E-state index contributed by atoms with van der Waals surface area (Å²) in [6, 6.07) is 10.7. The van der Waals surface area contributed by atoms with Crippen LogP contribution in [0.15, 0.2) is 45.6 Å². The average Bonchev–Trinajstić information content (AvgIpc) is 3.21. The first kappa shape index (κ1) is 22.7. The second-order valence-corrected chi connectivity index (χ2v) is 8.96. The van der Waals surface area contributed by atoms with Crippen molar-refractivity contribution in [3.63, 3.8) is 0 Å². The number of aromatic amines is 1. The van der Waals surface area contributed by atoms with Gasteiger partial charge in [0.15, 0.2) is 6.61 Å². The first-order valence-corrected chi connectivity index (χ1v) is 11.4. The third kappa shape index (κ3) is 3.84. The molecule has 1 unspecified atom stereocenters. The van der Waals surface area contributed by atoms with Gasteiger partial charge in [0.1, 0.15) is 17.4 Å². The van der Waals surface area contributed by atoms with Crippen LogP contribution in [0.2, 0.25) is 0 Å². The number of ether oxygens (including phenoxy) is 2. The summed E-state index contributed by atoms with van der Waals surface area (Å²) < 4.78 is 16.5. The van der Waals surface area contributed by atoms with Crippen molar-refractivity contribution >= 4 is 33.7 Å². The van der Waals surface area contributed by atoms with E-state index in [-0.39, 0.29) is 19.1 Å². The molecule has 0 saturated carbocycles. The quantitative estimate of drug-likeness (QED) is 0.357. The minimum Gasteiger partial charge on any atom is -0.483 e. The molecule has 2 aromatic heterocycles. The maximum atomic E-state index is 13.4. The number of rotatable bonds is 4. The predicted octanol–water partition coefficient (Wildman–Crippen LogP) is 3.70. The molecular weight excluding hydrogens is 448 g/mol. The van der Waals surface area contributed by atoms with Gasteiger partial charge in [-0.2, -0.15) is 0 Å². The number of aryl methyl sites for hydroxylation is 2. The largest absolute Gasteiger partial charge is 0.483 e. The van der Waals surface area contributed by atoms with E-state index in [1.165, 1.54) is 12.0 Å². The van der Waals surface area contributed by atoms with Crippen molar-refractivity contribution in [2.24, 2.45) is 0 Å². The topological polar surface area (TPSA) is 102 Å². The van der Waals surface area contributed by atoms with Crippen LogP contribution in [0.25, 0.3) is 21.9 Å².